The van der Waals surface area contributed by atoms with Crippen molar-refractivity contribution in [3.63, 3.8) is 0 Å². The third kappa shape index (κ3) is 2.53. The summed E-state index contributed by atoms with van der Waals surface area (Å²) >= 11 is 6.15. The Morgan fingerprint density at radius 3 is 2.96 bits per heavy atom. The zero-order valence-electron chi connectivity index (χ0n) is 13.5. The second kappa shape index (κ2) is 5.87. The number of pyridine rings is 1. The molecular weight excluding hydrogens is 338 g/mol. The number of rotatable bonds is 1. The van der Waals surface area contributed by atoms with Crippen molar-refractivity contribution in [2.45, 2.75) is 19.4 Å². The molecule has 6 nitrogen and oxygen atoms in total. The molecule has 1 atom stereocenters. The van der Waals surface area contributed by atoms with Gasteiger partial charge in [0.2, 0.25) is 0 Å². The first kappa shape index (κ1) is 15.6. The van der Waals surface area contributed by atoms with Crippen LogP contribution in [0.15, 0.2) is 30.3 Å². The lowest BCUT2D eigenvalue weighted by molar-refractivity contribution is 0.0665. The fraction of sp³-hybridized carbons (Fsp3) is 0.222. The van der Waals surface area contributed by atoms with Gasteiger partial charge >= 0.3 is 0 Å². The van der Waals surface area contributed by atoms with Crippen molar-refractivity contribution in [1.29, 1.82) is 5.26 Å². The van der Waals surface area contributed by atoms with Crippen LogP contribution in [0.1, 0.15) is 40.5 Å². The Labute approximate surface area is 149 Å². The first-order chi connectivity index (χ1) is 12.1. The maximum Gasteiger partial charge on any atom is 0.290 e. The standard InChI is InChI=1S/C18H14ClN5O/c1-10-12-6-5-11(9-20)21-14(12)7-8-24(10)18(25)17-22-15-4-2-3-13(19)16(15)23-17/h2-6,10H,7-8H2,1H3,(H,22,23)/t10-/m1/s1. The molecule has 1 aliphatic heterocycles. The average molecular weight is 352 g/mol. The second-order valence-corrected chi connectivity index (χ2v) is 6.40. The number of nitriles is 1. The predicted molar refractivity (Wildman–Crippen MR) is 93.2 cm³/mol. The molecule has 0 unspecified atom stereocenters. The highest BCUT2D eigenvalue weighted by Gasteiger charge is 2.30. The molecule has 3 aromatic rings. The molecule has 124 valence electrons. The largest absolute Gasteiger partial charge is 0.333 e. The molecule has 0 bridgehead atoms. The molecule has 0 spiro atoms. The number of benzene rings is 1. The molecule has 25 heavy (non-hydrogen) atoms. The van der Waals surface area contributed by atoms with Crippen molar-refractivity contribution in [3.05, 3.63) is 58.1 Å². The van der Waals surface area contributed by atoms with Gasteiger partial charge in [-0.15, -0.1) is 0 Å². The predicted octanol–water partition coefficient (Wildman–Crippen LogP) is 3.24. The lowest BCUT2D eigenvalue weighted by atomic mass is 9.97. The molecule has 0 saturated heterocycles. The summed E-state index contributed by atoms with van der Waals surface area (Å²) < 4.78 is 0. The Hall–Kier alpha value is -2.91. The van der Waals surface area contributed by atoms with Crippen molar-refractivity contribution in [1.82, 2.24) is 19.9 Å². The summed E-state index contributed by atoms with van der Waals surface area (Å²) in [5.41, 5.74) is 3.58. The van der Waals surface area contributed by atoms with Crippen LogP contribution < -0.4 is 0 Å². The van der Waals surface area contributed by atoms with Crippen LogP contribution in [0.3, 0.4) is 0 Å². The smallest absolute Gasteiger partial charge is 0.290 e. The number of hydrogen-bond acceptors (Lipinski definition) is 4. The number of imidazole rings is 1. The van der Waals surface area contributed by atoms with Crippen molar-refractivity contribution in [3.8, 4) is 6.07 Å². The number of amides is 1. The molecule has 0 fully saturated rings. The third-order valence-corrected chi connectivity index (χ3v) is 4.88. The van der Waals surface area contributed by atoms with Gasteiger partial charge in [-0.3, -0.25) is 4.79 Å². The van der Waals surface area contributed by atoms with Gasteiger partial charge in [-0.2, -0.15) is 5.26 Å². The summed E-state index contributed by atoms with van der Waals surface area (Å²) in [6.45, 7) is 2.49. The summed E-state index contributed by atoms with van der Waals surface area (Å²) in [5.74, 6) is 0.106. The van der Waals surface area contributed by atoms with Crippen LogP contribution in [-0.4, -0.2) is 32.3 Å². The molecule has 2 aromatic heterocycles. The highest BCUT2D eigenvalue weighted by atomic mass is 35.5. The van der Waals surface area contributed by atoms with E-state index in [1.807, 2.05) is 19.1 Å². The minimum atomic E-state index is -0.172. The first-order valence-electron chi connectivity index (χ1n) is 7.93. The van der Waals surface area contributed by atoms with E-state index in [4.69, 9.17) is 16.9 Å². The van der Waals surface area contributed by atoms with Crippen LogP contribution >= 0.6 is 11.6 Å². The number of halogens is 1. The average Bonchev–Trinajstić information content (AvgIpc) is 3.07. The van der Waals surface area contributed by atoms with Gasteiger partial charge in [-0.05, 0) is 30.7 Å². The van der Waals surface area contributed by atoms with E-state index in [1.165, 1.54) is 0 Å². The van der Waals surface area contributed by atoms with Gasteiger partial charge in [0.25, 0.3) is 5.91 Å². The van der Waals surface area contributed by atoms with Gasteiger partial charge in [0.15, 0.2) is 5.82 Å². The normalized spacial score (nSPS) is 16.5. The van der Waals surface area contributed by atoms with Gasteiger partial charge in [0.05, 0.1) is 22.1 Å². The van der Waals surface area contributed by atoms with Gasteiger partial charge in [-0.25, -0.2) is 9.97 Å². The molecular formula is C18H14ClN5O. The number of aromatic amines is 1. The van der Waals surface area contributed by atoms with E-state index in [9.17, 15) is 4.79 Å². The zero-order valence-corrected chi connectivity index (χ0v) is 14.2. The molecule has 1 aromatic carbocycles. The summed E-state index contributed by atoms with van der Waals surface area (Å²) in [4.78, 5) is 26.5. The SMILES string of the molecule is C[C@@H]1c2ccc(C#N)nc2CCN1C(=O)c1nc2cccc(Cl)c2[nH]1. The van der Waals surface area contributed by atoms with E-state index in [-0.39, 0.29) is 17.8 Å². The summed E-state index contributed by atoms with van der Waals surface area (Å²) in [5, 5.41) is 9.52. The van der Waals surface area contributed by atoms with Gasteiger partial charge < -0.3 is 9.88 Å². The van der Waals surface area contributed by atoms with Crippen LogP contribution in [-0.2, 0) is 6.42 Å². The van der Waals surface area contributed by atoms with Crippen LogP contribution in [0.25, 0.3) is 11.0 Å². The minimum Gasteiger partial charge on any atom is -0.333 e. The van der Waals surface area contributed by atoms with Gasteiger partial charge in [-0.1, -0.05) is 23.7 Å². The summed E-state index contributed by atoms with van der Waals surface area (Å²) in [6, 6.07) is 10.9. The topological polar surface area (TPSA) is 85.7 Å². The second-order valence-electron chi connectivity index (χ2n) is 5.99. The number of nitrogens with zero attached hydrogens (tertiary/aromatic N) is 4. The molecule has 0 saturated carbocycles. The van der Waals surface area contributed by atoms with E-state index in [0.29, 0.717) is 34.7 Å². The molecule has 1 amide bonds. The van der Waals surface area contributed by atoms with E-state index in [0.717, 1.165) is 11.3 Å². The van der Waals surface area contributed by atoms with E-state index in [2.05, 4.69) is 21.0 Å². The first-order valence-corrected chi connectivity index (χ1v) is 8.31. The number of nitrogens with one attached hydrogen (secondary N) is 1. The number of fused-ring (bicyclic) bond motifs is 2. The zero-order chi connectivity index (χ0) is 17.6. The molecule has 0 aliphatic carbocycles. The molecule has 4 rings (SSSR count). The summed E-state index contributed by atoms with van der Waals surface area (Å²) in [7, 11) is 0. The van der Waals surface area contributed by atoms with E-state index >= 15 is 0 Å². The number of H-pyrrole nitrogens is 1. The molecule has 7 heteroatoms. The van der Waals surface area contributed by atoms with E-state index in [1.54, 1.807) is 23.1 Å². The summed E-state index contributed by atoms with van der Waals surface area (Å²) in [6.07, 6.45) is 0.613. The monoisotopic (exact) mass is 351 g/mol. The Balaban J connectivity index is 1.68. The lowest BCUT2D eigenvalue weighted by Crippen LogP contribution is -2.39. The van der Waals surface area contributed by atoms with Crippen molar-refractivity contribution in [2.24, 2.45) is 0 Å². The van der Waals surface area contributed by atoms with E-state index < -0.39 is 0 Å². The third-order valence-electron chi connectivity index (χ3n) is 4.56. The lowest BCUT2D eigenvalue weighted by Gasteiger charge is -2.34. The fourth-order valence-corrected chi connectivity index (χ4v) is 3.47. The molecule has 0 radical (unpaired) electrons. The molecule has 3 heterocycles. The van der Waals surface area contributed by atoms with Crippen molar-refractivity contribution < 1.29 is 4.79 Å². The number of carbonyl (C=O) groups is 1. The maximum absolute atomic E-state index is 12.9. The van der Waals surface area contributed by atoms with Crippen LogP contribution in [0.4, 0.5) is 0 Å². The fourth-order valence-electron chi connectivity index (χ4n) is 3.25. The van der Waals surface area contributed by atoms with Crippen LogP contribution in [0.2, 0.25) is 5.02 Å². The van der Waals surface area contributed by atoms with Crippen LogP contribution in [0.5, 0.6) is 0 Å². The number of aromatic nitrogens is 3. The number of hydrogen-bond donors (Lipinski definition) is 1. The highest BCUT2D eigenvalue weighted by molar-refractivity contribution is 6.35. The van der Waals surface area contributed by atoms with Crippen molar-refractivity contribution >= 4 is 28.5 Å². The quantitative estimate of drug-likeness (QED) is 0.729. The molecule has 1 aliphatic rings. The number of carbonyl (C=O) groups excluding carboxylic acids is 1. The van der Waals surface area contributed by atoms with Crippen LogP contribution in [0, 0.1) is 11.3 Å². The Bertz CT molecular complexity index is 1040. The van der Waals surface area contributed by atoms with Crippen molar-refractivity contribution in [2.75, 3.05) is 6.54 Å². The Morgan fingerprint density at radius 2 is 2.20 bits per heavy atom. The Morgan fingerprint density at radius 1 is 1.36 bits per heavy atom. The Kier molecular flexibility index (Phi) is 3.66. The molecule has 1 N–H and O–H groups in total. The van der Waals surface area contributed by atoms with Gasteiger partial charge in [0.1, 0.15) is 11.8 Å². The highest BCUT2D eigenvalue weighted by Crippen LogP contribution is 2.30. The maximum atomic E-state index is 12.9. The van der Waals surface area contributed by atoms with Gasteiger partial charge in [0, 0.05) is 18.7 Å². The number of para-hydroxylation sites is 1. The minimum absolute atomic E-state index is 0.139.